The molecule has 1 unspecified atom stereocenters. The smallest absolute Gasteiger partial charge is 0.119 e. The van der Waals surface area contributed by atoms with Crippen LogP contribution in [0.4, 0.5) is 5.69 Å². The largest absolute Gasteiger partial charge is 0.494 e. The molecule has 0 fully saturated rings. The summed E-state index contributed by atoms with van der Waals surface area (Å²) in [5.41, 5.74) is 5.25. The van der Waals surface area contributed by atoms with E-state index in [9.17, 15) is 0 Å². The zero-order chi connectivity index (χ0) is 14.7. The molecule has 0 saturated heterocycles. The summed E-state index contributed by atoms with van der Waals surface area (Å²) in [6.07, 6.45) is 3.41. The van der Waals surface area contributed by atoms with Crippen LogP contribution in [0.5, 0.6) is 5.75 Å². The van der Waals surface area contributed by atoms with Crippen molar-refractivity contribution in [1.29, 1.82) is 0 Å². The van der Waals surface area contributed by atoms with Crippen LogP contribution < -0.4 is 10.1 Å². The molecule has 0 spiro atoms. The Kier molecular flexibility index (Phi) is 4.14. The minimum Gasteiger partial charge on any atom is -0.494 e. The van der Waals surface area contributed by atoms with Crippen molar-refractivity contribution < 1.29 is 4.74 Å². The third kappa shape index (κ3) is 3.21. The van der Waals surface area contributed by atoms with Crippen LogP contribution in [-0.2, 0) is 6.42 Å². The van der Waals surface area contributed by atoms with E-state index in [-0.39, 0.29) is 0 Å². The summed E-state index contributed by atoms with van der Waals surface area (Å²) < 4.78 is 5.64. The maximum atomic E-state index is 5.64. The molecule has 0 radical (unpaired) electrons. The molecule has 21 heavy (non-hydrogen) atoms. The van der Waals surface area contributed by atoms with E-state index in [0.29, 0.717) is 6.04 Å². The zero-order valence-electron chi connectivity index (χ0n) is 12.9. The number of rotatable bonds is 4. The maximum Gasteiger partial charge on any atom is 0.119 e. The number of ether oxygens (including phenoxy) is 1. The number of anilines is 1. The van der Waals surface area contributed by atoms with Gasteiger partial charge in [-0.2, -0.15) is 0 Å². The summed E-state index contributed by atoms with van der Waals surface area (Å²) in [4.78, 5) is 0. The average Bonchev–Trinajstić information content (AvgIpc) is 2.53. The predicted molar refractivity (Wildman–Crippen MR) is 89.1 cm³/mol. The van der Waals surface area contributed by atoms with Crippen LogP contribution in [0.25, 0.3) is 11.1 Å². The second-order valence-corrected chi connectivity index (χ2v) is 5.83. The van der Waals surface area contributed by atoms with Crippen LogP contribution >= 0.6 is 0 Å². The molecular formula is C19H23NO. The second-order valence-electron chi connectivity index (χ2n) is 5.83. The molecule has 1 aliphatic heterocycles. The van der Waals surface area contributed by atoms with E-state index in [2.05, 4.69) is 61.6 Å². The van der Waals surface area contributed by atoms with Gasteiger partial charge in [0.1, 0.15) is 5.75 Å². The molecule has 2 heteroatoms. The third-order valence-corrected chi connectivity index (χ3v) is 4.01. The Morgan fingerprint density at radius 1 is 1.10 bits per heavy atom. The molecular weight excluding hydrogens is 258 g/mol. The molecule has 110 valence electrons. The Bertz CT molecular complexity index is 603. The van der Waals surface area contributed by atoms with Gasteiger partial charge in [0, 0.05) is 11.7 Å². The van der Waals surface area contributed by atoms with Gasteiger partial charge in [0.05, 0.1) is 6.61 Å². The molecule has 0 amide bonds. The highest BCUT2D eigenvalue weighted by molar-refractivity contribution is 5.69. The van der Waals surface area contributed by atoms with E-state index in [4.69, 9.17) is 4.74 Å². The van der Waals surface area contributed by atoms with Gasteiger partial charge in [-0.05, 0) is 67.1 Å². The lowest BCUT2D eigenvalue weighted by Crippen LogP contribution is -2.21. The van der Waals surface area contributed by atoms with E-state index in [0.717, 1.165) is 25.2 Å². The van der Waals surface area contributed by atoms with Gasteiger partial charge in [-0.15, -0.1) is 0 Å². The summed E-state index contributed by atoms with van der Waals surface area (Å²) >= 11 is 0. The van der Waals surface area contributed by atoms with Gasteiger partial charge in [-0.25, -0.2) is 0 Å². The van der Waals surface area contributed by atoms with Crippen molar-refractivity contribution in [3.05, 3.63) is 48.0 Å². The van der Waals surface area contributed by atoms with E-state index < -0.39 is 0 Å². The Morgan fingerprint density at radius 3 is 2.62 bits per heavy atom. The first-order valence-corrected chi connectivity index (χ1v) is 7.89. The number of hydrogen-bond acceptors (Lipinski definition) is 2. The lowest BCUT2D eigenvalue weighted by Gasteiger charge is -2.24. The molecule has 0 aromatic heterocycles. The van der Waals surface area contributed by atoms with Crippen LogP contribution in [0.15, 0.2) is 42.5 Å². The fourth-order valence-corrected chi connectivity index (χ4v) is 2.79. The molecule has 1 N–H and O–H groups in total. The van der Waals surface area contributed by atoms with Crippen molar-refractivity contribution >= 4 is 5.69 Å². The fraction of sp³-hybridized carbons (Fsp3) is 0.368. The van der Waals surface area contributed by atoms with Crippen LogP contribution in [-0.4, -0.2) is 12.6 Å². The van der Waals surface area contributed by atoms with Gasteiger partial charge >= 0.3 is 0 Å². The van der Waals surface area contributed by atoms with Crippen LogP contribution in [0.2, 0.25) is 0 Å². The Morgan fingerprint density at radius 2 is 1.86 bits per heavy atom. The number of aryl methyl sites for hydroxylation is 1. The molecule has 3 rings (SSSR count). The van der Waals surface area contributed by atoms with Crippen molar-refractivity contribution in [2.24, 2.45) is 0 Å². The zero-order valence-corrected chi connectivity index (χ0v) is 12.9. The number of nitrogens with one attached hydrogen (secondary N) is 1. The molecule has 1 heterocycles. The number of fused-ring (bicyclic) bond motifs is 1. The molecule has 0 aliphatic carbocycles. The summed E-state index contributed by atoms with van der Waals surface area (Å²) in [6, 6.07) is 15.7. The van der Waals surface area contributed by atoms with Crippen molar-refractivity contribution in [2.75, 3.05) is 11.9 Å². The highest BCUT2D eigenvalue weighted by Crippen LogP contribution is 2.30. The van der Waals surface area contributed by atoms with Gasteiger partial charge in [-0.3, -0.25) is 0 Å². The van der Waals surface area contributed by atoms with Crippen LogP contribution in [0.3, 0.4) is 0 Å². The highest BCUT2D eigenvalue weighted by Gasteiger charge is 2.14. The summed E-state index contributed by atoms with van der Waals surface area (Å²) in [6.45, 7) is 5.14. The van der Waals surface area contributed by atoms with Gasteiger partial charge < -0.3 is 10.1 Å². The molecule has 2 nitrogen and oxygen atoms in total. The van der Waals surface area contributed by atoms with E-state index >= 15 is 0 Å². The SMILES string of the molecule is CCCOc1ccc(-c2ccc3c(c2)CCC(C)N3)cc1. The topological polar surface area (TPSA) is 21.3 Å². The van der Waals surface area contributed by atoms with E-state index in [1.165, 1.54) is 28.8 Å². The monoisotopic (exact) mass is 281 g/mol. The first kappa shape index (κ1) is 14.0. The van der Waals surface area contributed by atoms with E-state index in [1.54, 1.807) is 0 Å². The van der Waals surface area contributed by atoms with Crippen LogP contribution in [0, 0.1) is 0 Å². The summed E-state index contributed by atoms with van der Waals surface area (Å²) in [5.74, 6) is 0.953. The van der Waals surface area contributed by atoms with Gasteiger partial charge in [0.2, 0.25) is 0 Å². The average molecular weight is 281 g/mol. The molecule has 2 aromatic carbocycles. The predicted octanol–water partition coefficient (Wildman–Crippen LogP) is 4.89. The lowest BCUT2D eigenvalue weighted by atomic mass is 9.95. The molecule has 1 aliphatic rings. The third-order valence-electron chi connectivity index (χ3n) is 4.01. The first-order chi connectivity index (χ1) is 10.3. The van der Waals surface area contributed by atoms with Crippen LogP contribution in [0.1, 0.15) is 32.3 Å². The standard InChI is InChI=1S/C19H23NO/c1-3-12-21-18-9-6-15(7-10-18)16-8-11-19-17(13-16)5-4-14(2)20-19/h6-11,13-14,20H,3-5,12H2,1-2H3. The Hall–Kier alpha value is -1.96. The number of benzene rings is 2. The summed E-state index contributed by atoms with van der Waals surface area (Å²) in [5, 5.41) is 3.55. The molecule has 1 atom stereocenters. The maximum absolute atomic E-state index is 5.64. The first-order valence-electron chi connectivity index (χ1n) is 7.89. The Balaban J connectivity index is 1.80. The number of hydrogen-bond donors (Lipinski definition) is 1. The van der Waals surface area contributed by atoms with Crippen molar-refractivity contribution in [2.45, 2.75) is 39.2 Å². The van der Waals surface area contributed by atoms with Crippen molar-refractivity contribution in [3.63, 3.8) is 0 Å². The minimum atomic E-state index is 0.582. The van der Waals surface area contributed by atoms with Gasteiger partial charge in [-0.1, -0.05) is 25.1 Å². The summed E-state index contributed by atoms with van der Waals surface area (Å²) in [7, 11) is 0. The lowest BCUT2D eigenvalue weighted by molar-refractivity contribution is 0.317. The van der Waals surface area contributed by atoms with Gasteiger partial charge in [0.15, 0.2) is 0 Å². The Labute approximate surface area is 127 Å². The minimum absolute atomic E-state index is 0.582. The fourth-order valence-electron chi connectivity index (χ4n) is 2.79. The highest BCUT2D eigenvalue weighted by atomic mass is 16.5. The quantitative estimate of drug-likeness (QED) is 0.861. The van der Waals surface area contributed by atoms with Crippen molar-refractivity contribution in [3.8, 4) is 16.9 Å². The normalized spacial score (nSPS) is 17.0. The van der Waals surface area contributed by atoms with Gasteiger partial charge in [0.25, 0.3) is 0 Å². The van der Waals surface area contributed by atoms with E-state index in [1.807, 2.05) is 0 Å². The molecule has 2 aromatic rings. The molecule has 0 saturated carbocycles. The second kappa shape index (κ2) is 6.21. The van der Waals surface area contributed by atoms with Crippen molar-refractivity contribution in [1.82, 2.24) is 0 Å². The molecule has 0 bridgehead atoms.